The Morgan fingerprint density at radius 2 is 2.00 bits per heavy atom. The van der Waals surface area contributed by atoms with E-state index in [1.54, 1.807) is 6.92 Å². The summed E-state index contributed by atoms with van der Waals surface area (Å²) >= 11 is 5.64. The SMILES string of the molecule is Cc1cc2nc(C(F)(F)F)cc(Cl)n2n1. The molecule has 0 bridgehead atoms. The summed E-state index contributed by atoms with van der Waals surface area (Å²) in [6.07, 6.45) is -4.50. The fourth-order valence-corrected chi connectivity index (χ4v) is 1.43. The van der Waals surface area contributed by atoms with E-state index >= 15 is 0 Å². The molecule has 0 radical (unpaired) electrons. The summed E-state index contributed by atoms with van der Waals surface area (Å²) in [5.74, 6) is 0. The number of halogens is 4. The highest BCUT2D eigenvalue weighted by Crippen LogP contribution is 2.29. The Kier molecular flexibility index (Phi) is 2.11. The molecule has 0 spiro atoms. The monoisotopic (exact) mass is 235 g/mol. The van der Waals surface area contributed by atoms with Crippen molar-refractivity contribution in [3.63, 3.8) is 0 Å². The van der Waals surface area contributed by atoms with Gasteiger partial charge in [0.25, 0.3) is 0 Å². The molecule has 0 atom stereocenters. The number of hydrogen-bond acceptors (Lipinski definition) is 2. The van der Waals surface area contributed by atoms with Gasteiger partial charge in [0, 0.05) is 12.1 Å². The van der Waals surface area contributed by atoms with Crippen molar-refractivity contribution in [2.24, 2.45) is 0 Å². The third-order valence-electron chi connectivity index (χ3n) is 1.80. The summed E-state index contributed by atoms with van der Waals surface area (Å²) in [6.45, 7) is 1.65. The number of hydrogen-bond donors (Lipinski definition) is 0. The molecule has 0 fully saturated rings. The Morgan fingerprint density at radius 3 is 2.60 bits per heavy atom. The van der Waals surface area contributed by atoms with Gasteiger partial charge in [-0.3, -0.25) is 0 Å². The molecule has 0 N–H and O–H groups in total. The molecule has 0 amide bonds. The minimum absolute atomic E-state index is 0.0901. The van der Waals surface area contributed by atoms with Gasteiger partial charge in [-0.1, -0.05) is 11.6 Å². The molecule has 3 nitrogen and oxygen atoms in total. The second-order valence-corrected chi connectivity index (χ2v) is 3.40. The van der Waals surface area contributed by atoms with Gasteiger partial charge >= 0.3 is 6.18 Å². The number of alkyl halides is 3. The van der Waals surface area contributed by atoms with E-state index in [0.717, 1.165) is 10.6 Å². The standard InChI is InChI=1S/C8H5ClF3N3/c1-4-2-7-13-5(8(10,11)12)3-6(9)15(7)14-4/h2-3H,1H3. The van der Waals surface area contributed by atoms with Crippen LogP contribution >= 0.6 is 11.6 Å². The molecule has 0 unspecified atom stereocenters. The van der Waals surface area contributed by atoms with E-state index in [4.69, 9.17) is 11.6 Å². The first-order chi connectivity index (χ1) is 6.88. The van der Waals surface area contributed by atoms with Crippen molar-refractivity contribution < 1.29 is 13.2 Å². The lowest BCUT2D eigenvalue weighted by atomic mass is 10.4. The number of aryl methyl sites for hydroxylation is 1. The van der Waals surface area contributed by atoms with Crippen molar-refractivity contribution in [3.8, 4) is 0 Å². The first-order valence-electron chi connectivity index (χ1n) is 3.98. The highest BCUT2D eigenvalue weighted by atomic mass is 35.5. The minimum atomic E-state index is -4.50. The average Bonchev–Trinajstić information content (AvgIpc) is 2.44. The number of fused-ring (bicyclic) bond motifs is 1. The molecule has 0 aliphatic heterocycles. The molecule has 2 aromatic rings. The van der Waals surface area contributed by atoms with E-state index in [-0.39, 0.29) is 10.8 Å². The van der Waals surface area contributed by atoms with Crippen LogP contribution in [0.3, 0.4) is 0 Å². The van der Waals surface area contributed by atoms with E-state index in [1.165, 1.54) is 6.07 Å². The zero-order valence-corrected chi connectivity index (χ0v) is 8.26. The largest absolute Gasteiger partial charge is 0.433 e. The maximum absolute atomic E-state index is 12.4. The van der Waals surface area contributed by atoms with Crippen LogP contribution in [0.2, 0.25) is 5.15 Å². The number of aromatic nitrogens is 3. The van der Waals surface area contributed by atoms with Crippen molar-refractivity contribution in [1.82, 2.24) is 14.6 Å². The lowest BCUT2D eigenvalue weighted by Gasteiger charge is -2.06. The van der Waals surface area contributed by atoms with E-state index < -0.39 is 11.9 Å². The second kappa shape index (κ2) is 3.10. The molecular weight excluding hydrogens is 231 g/mol. The maximum atomic E-state index is 12.4. The van der Waals surface area contributed by atoms with Crippen molar-refractivity contribution >= 4 is 17.2 Å². The lowest BCUT2D eigenvalue weighted by molar-refractivity contribution is -0.141. The fraction of sp³-hybridized carbons (Fsp3) is 0.250. The van der Waals surface area contributed by atoms with Crippen LogP contribution in [-0.4, -0.2) is 14.6 Å². The smallest absolute Gasteiger partial charge is 0.224 e. The maximum Gasteiger partial charge on any atom is 0.433 e. The molecule has 7 heteroatoms. The first-order valence-corrected chi connectivity index (χ1v) is 4.36. The van der Waals surface area contributed by atoms with Gasteiger partial charge in [-0.15, -0.1) is 0 Å². The van der Waals surface area contributed by atoms with Crippen LogP contribution in [0, 0.1) is 6.92 Å². The van der Waals surface area contributed by atoms with Crippen molar-refractivity contribution in [2.45, 2.75) is 13.1 Å². The molecule has 2 aromatic heterocycles. The lowest BCUT2D eigenvalue weighted by Crippen LogP contribution is -2.09. The molecular formula is C8H5ClF3N3. The van der Waals surface area contributed by atoms with Crippen molar-refractivity contribution in [1.29, 1.82) is 0 Å². The minimum Gasteiger partial charge on any atom is -0.224 e. The highest BCUT2D eigenvalue weighted by Gasteiger charge is 2.33. The van der Waals surface area contributed by atoms with Gasteiger partial charge in [0.1, 0.15) is 10.8 Å². The van der Waals surface area contributed by atoms with E-state index in [1.807, 2.05) is 0 Å². The normalized spacial score (nSPS) is 12.3. The van der Waals surface area contributed by atoms with Crippen LogP contribution in [0.5, 0.6) is 0 Å². The third kappa shape index (κ3) is 1.77. The Balaban J connectivity index is 2.72. The molecule has 2 rings (SSSR count). The fourth-order valence-electron chi connectivity index (χ4n) is 1.20. The zero-order chi connectivity index (χ0) is 11.2. The molecule has 0 aromatic carbocycles. The van der Waals surface area contributed by atoms with Gasteiger partial charge < -0.3 is 0 Å². The summed E-state index contributed by atoms with van der Waals surface area (Å²) in [5.41, 5.74) is -0.365. The van der Waals surface area contributed by atoms with Gasteiger partial charge in [-0.2, -0.15) is 18.3 Å². The molecule has 80 valence electrons. The van der Waals surface area contributed by atoms with Crippen LogP contribution in [0.1, 0.15) is 11.4 Å². The van der Waals surface area contributed by atoms with E-state index in [9.17, 15) is 13.2 Å². The predicted octanol–water partition coefficient (Wildman–Crippen LogP) is 2.71. The molecule has 0 saturated heterocycles. The summed E-state index contributed by atoms with van der Waals surface area (Å²) in [5, 5.41) is 3.78. The molecule has 0 saturated carbocycles. The topological polar surface area (TPSA) is 30.2 Å². The zero-order valence-electron chi connectivity index (χ0n) is 7.51. The average molecular weight is 236 g/mol. The molecule has 2 heterocycles. The summed E-state index contributed by atoms with van der Waals surface area (Å²) in [7, 11) is 0. The summed E-state index contributed by atoms with van der Waals surface area (Å²) in [4.78, 5) is 3.42. The van der Waals surface area contributed by atoms with Crippen molar-refractivity contribution in [2.75, 3.05) is 0 Å². The molecule has 0 aliphatic rings. The van der Waals surface area contributed by atoms with Gasteiger partial charge in [0.2, 0.25) is 0 Å². The van der Waals surface area contributed by atoms with Crippen LogP contribution < -0.4 is 0 Å². The van der Waals surface area contributed by atoms with Crippen molar-refractivity contribution in [3.05, 3.63) is 28.7 Å². The number of rotatable bonds is 0. The summed E-state index contributed by atoms with van der Waals surface area (Å²) in [6, 6.07) is 2.18. The Morgan fingerprint density at radius 1 is 1.33 bits per heavy atom. The van der Waals surface area contributed by atoms with Gasteiger partial charge in [0.15, 0.2) is 5.65 Å². The summed E-state index contributed by atoms with van der Waals surface area (Å²) < 4.78 is 38.2. The van der Waals surface area contributed by atoms with Crippen LogP contribution in [0.4, 0.5) is 13.2 Å². The highest BCUT2D eigenvalue weighted by molar-refractivity contribution is 6.29. The predicted molar refractivity (Wildman–Crippen MR) is 47.7 cm³/mol. The van der Waals surface area contributed by atoms with Crippen LogP contribution in [-0.2, 0) is 6.18 Å². The Bertz CT molecular complexity index is 518. The Labute approximate surface area is 87.5 Å². The van der Waals surface area contributed by atoms with Gasteiger partial charge in [-0.05, 0) is 6.92 Å². The van der Waals surface area contributed by atoms with Gasteiger partial charge in [0.05, 0.1) is 5.69 Å². The number of nitrogens with zero attached hydrogens (tertiary/aromatic N) is 3. The molecule has 15 heavy (non-hydrogen) atoms. The van der Waals surface area contributed by atoms with E-state index in [0.29, 0.717) is 5.69 Å². The quantitative estimate of drug-likeness (QED) is 0.657. The molecule has 0 aliphatic carbocycles. The third-order valence-corrected chi connectivity index (χ3v) is 2.07. The van der Waals surface area contributed by atoms with Crippen LogP contribution in [0.25, 0.3) is 5.65 Å². The second-order valence-electron chi connectivity index (χ2n) is 3.02. The van der Waals surface area contributed by atoms with Crippen LogP contribution in [0.15, 0.2) is 12.1 Å². The van der Waals surface area contributed by atoms with Gasteiger partial charge in [-0.25, -0.2) is 9.50 Å². The Hall–Kier alpha value is -1.30. The first kappa shape index (κ1) is 10.2. The van der Waals surface area contributed by atoms with E-state index in [2.05, 4.69) is 10.1 Å².